The fourth-order valence-corrected chi connectivity index (χ4v) is 3.96. The van der Waals surface area contributed by atoms with E-state index in [1.807, 2.05) is 0 Å². The molecule has 1 fully saturated rings. The van der Waals surface area contributed by atoms with Crippen LogP contribution in [-0.2, 0) is 16.2 Å². The fraction of sp³-hybridized carbons (Fsp3) is 0.333. The topological polar surface area (TPSA) is 72.4 Å². The minimum Gasteiger partial charge on any atom is -0.459 e. The van der Waals surface area contributed by atoms with Crippen LogP contribution in [0, 0.1) is 0 Å². The smallest absolute Gasteiger partial charge is 0.416 e. The molecule has 0 unspecified atom stereocenters. The summed E-state index contributed by atoms with van der Waals surface area (Å²) >= 11 is 0. The Morgan fingerprint density at radius 1 is 1.12 bits per heavy atom. The maximum atomic E-state index is 12.6. The van der Waals surface area contributed by atoms with Crippen molar-refractivity contribution in [2.75, 3.05) is 13.1 Å². The number of aromatic nitrogens is 2. The summed E-state index contributed by atoms with van der Waals surface area (Å²) in [6.07, 6.45) is -1.46. The summed E-state index contributed by atoms with van der Waals surface area (Å²) in [4.78, 5) is 7.64. The third kappa shape index (κ3) is 3.90. The highest BCUT2D eigenvalue weighted by Crippen LogP contribution is 2.30. The van der Waals surface area contributed by atoms with E-state index in [1.165, 1.54) is 16.7 Å². The van der Waals surface area contributed by atoms with Gasteiger partial charge >= 0.3 is 12.2 Å². The van der Waals surface area contributed by atoms with Gasteiger partial charge in [-0.3, -0.25) is 0 Å². The first-order valence-electron chi connectivity index (χ1n) is 7.38. The maximum Gasteiger partial charge on any atom is 0.416 e. The average molecular weight is 373 g/mol. The molecule has 1 aliphatic rings. The predicted molar refractivity (Wildman–Crippen MR) is 81.3 cm³/mol. The molecule has 0 saturated carbocycles. The second kappa shape index (κ2) is 6.60. The highest BCUT2D eigenvalue weighted by atomic mass is 32.2. The number of ether oxygens (including phenoxy) is 1. The van der Waals surface area contributed by atoms with Crippen molar-refractivity contribution in [3.63, 3.8) is 0 Å². The molecule has 1 aromatic carbocycles. The number of hydrogen-bond donors (Lipinski definition) is 0. The molecule has 0 amide bonds. The minimum absolute atomic E-state index is 0.0849. The predicted octanol–water partition coefficient (Wildman–Crippen LogP) is 2.34. The minimum atomic E-state index is -4.51. The van der Waals surface area contributed by atoms with Gasteiger partial charge in [-0.1, -0.05) is 0 Å². The quantitative estimate of drug-likeness (QED) is 0.823. The van der Waals surface area contributed by atoms with Crippen LogP contribution in [0.3, 0.4) is 0 Å². The van der Waals surface area contributed by atoms with Crippen LogP contribution in [0.1, 0.15) is 12.0 Å². The number of halogens is 3. The van der Waals surface area contributed by atoms with E-state index in [9.17, 15) is 21.6 Å². The van der Waals surface area contributed by atoms with Crippen LogP contribution in [0.4, 0.5) is 13.2 Å². The third-order valence-corrected chi connectivity index (χ3v) is 5.62. The first-order chi connectivity index (χ1) is 11.8. The van der Waals surface area contributed by atoms with Gasteiger partial charge in [0.05, 0.1) is 17.0 Å². The Labute approximate surface area is 142 Å². The molecule has 3 rings (SSSR count). The molecule has 2 heterocycles. The summed E-state index contributed by atoms with van der Waals surface area (Å²) in [6.45, 7) is 0.294. The molecule has 0 N–H and O–H groups in total. The monoisotopic (exact) mass is 373 g/mol. The molecule has 0 radical (unpaired) electrons. The Hall–Kier alpha value is -2.20. The van der Waals surface area contributed by atoms with Crippen molar-refractivity contribution in [1.29, 1.82) is 0 Å². The van der Waals surface area contributed by atoms with E-state index in [4.69, 9.17) is 4.74 Å². The van der Waals surface area contributed by atoms with Crippen molar-refractivity contribution >= 4 is 10.0 Å². The standard InChI is InChI=1S/C15H14F3N3O3S/c16-15(17,18)11-2-4-13(5-3-11)25(22,23)21-9-6-12(10-21)24-14-19-7-1-8-20-14/h1-5,7-8,12H,6,9-10H2/t12-/m1/s1. The van der Waals surface area contributed by atoms with Crippen LogP contribution in [0.5, 0.6) is 6.01 Å². The van der Waals surface area contributed by atoms with E-state index in [0.29, 0.717) is 6.42 Å². The molecule has 1 aromatic heterocycles. The molecule has 1 aliphatic heterocycles. The van der Waals surface area contributed by atoms with Crippen molar-refractivity contribution in [3.05, 3.63) is 48.3 Å². The van der Waals surface area contributed by atoms with E-state index >= 15 is 0 Å². The second-order valence-corrected chi connectivity index (χ2v) is 7.38. The molecule has 0 aliphatic carbocycles. The Bertz CT molecular complexity index is 827. The average Bonchev–Trinajstić information content (AvgIpc) is 3.04. The molecule has 1 saturated heterocycles. The lowest BCUT2D eigenvalue weighted by Gasteiger charge is -2.17. The first kappa shape index (κ1) is 17.6. The molecule has 0 bridgehead atoms. The van der Waals surface area contributed by atoms with Gasteiger partial charge < -0.3 is 4.74 Å². The van der Waals surface area contributed by atoms with Gasteiger partial charge in [-0.05, 0) is 36.8 Å². The summed E-state index contributed by atoms with van der Waals surface area (Å²) in [6, 6.07) is 5.23. The Kier molecular flexibility index (Phi) is 4.65. The third-order valence-electron chi connectivity index (χ3n) is 3.74. The van der Waals surface area contributed by atoms with Gasteiger partial charge in [0.25, 0.3) is 0 Å². The molecule has 6 nitrogen and oxygen atoms in total. The zero-order valence-corrected chi connectivity index (χ0v) is 13.7. The number of alkyl halides is 3. The lowest BCUT2D eigenvalue weighted by atomic mass is 10.2. The number of benzene rings is 1. The summed E-state index contributed by atoms with van der Waals surface area (Å²) in [5.41, 5.74) is -0.893. The summed E-state index contributed by atoms with van der Waals surface area (Å²) in [5.74, 6) is 0. The molecule has 0 spiro atoms. The van der Waals surface area contributed by atoms with Gasteiger partial charge in [0.1, 0.15) is 6.10 Å². The van der Waals surface area contributed by atoms with Gasteiger partial charge in [-0.2, -0.15) is 17.5 Å². The highest BCUT2D eigenvalue weighted by Gasteiger charge is 2.35. The molecule has 1 atom stereocenters. The van der Waals surface area contributed by atoms with E-state index in [-0.39, 0.29) is 24.0 Å². The fourth-order valence-electron chi connectivity index (χ4n) is 2.47. The van der Waals surface area contributed by atoms with Gasteiger partial charge in [-0.25, -0.2) is 18.4 Å². The van der Waals surface area contributed by atoms with E-state index in [0.717, 1.165) is 24.3 Å². The van der Waals surface area contributed by atoms with Crippen LogP contribution in [-0.4, -0.2) is 41.9 Å². The van der Waals surface area contributed by atoms with Crippen molar-refractivity contribution in [2.45, 2.75) is 23.6 Å². The largest absolute Gasteiger partial charge is 0.459 e. The molecule has 25 heavy (non-hydrogen) atoms. The summed E-state index contributed by atoms with van der Waals surface area (Å²) < 4.78 is 69.6. The van der Waals surface area contributed by atoms with Crippen LogP contribution >= 0.6 is 0 Å². The normalized spacial score (nSPS) is 19.1. The highest BCUT2D eigenvalue weighted by molar-refractivity contribution is 7.89. The van der Waals surface area contributed by atoms with Crippen LogP contribution in [0.15, 0.2) is 47.6 Å². The molecule has 10 heteroatoms. The zero-order chi connectivity index (χ0) is 18.1. The summed E-state index contributed by atoms with van der Waals surface area (Å²) in [7, 11) is -3.88. The van der Waals surface area contributed by atoms with Crippen molar-refractivity contribution < 1.29 is 26.3 Å². The molecule has 2 aromatic rings. The van der Waals surface area contributed by atoms with E-state index < -0.39 is 27.9 Å². The molecule has 134 valence electrons. The van der Waals surface area contributed by atoms with E-state index in [2.05, 4.69) is 9.97 Å². The lowest BCUT2D eigenvalue weighted by molar-refractivity contribution is -0.137. The van der Waals surface area contributed by atoms with Gasteiger partial charge in [0.15, 0.2) is 0 Å². The Balaban J connectivity index is 1.71. The Morgan fingerprint density at radius 2 is 1.76 bits per heavy atom. The lowest BCUT2D eigenvalue weighted by Crippen LogP contribution is -2.31. The van der Waals surface area contributed by atoms with E-state index in [1.54, 1.807) is 6.07 Å². The molecular formula is C15H14F3N3O3S. The number of hydrogen-bond acceptors (Lipinski definition) is 5. The van der Waals surface area contributed by atoms with Crippen molar-refractivity contribution in [3.8, 4) is 6.01 Å². The van der Waals surface area contributed by atoms with Crippen molar-refractivity contribution in [2.24, 2.45) is 0 Å². The van der Waals surface area contributed by atoms with Crippen LogP contribution in [0.2, 0.25) is 0 Å². The van der Waals surface area contributed by atoms with Crippen molar-refractivity contribution in [1.82, 2.24) is 14.3 Å². The summed E-state index contributed by atoms with van der Waals surface area (Å²) in [5, 5.41) is 0. The number of rotatable bonds is 4. The van der Waals surface area contributed by atoms with Gasteiger partial charge in [-0.15, -0.1) is 0 Å². The Morgan fingerprint density at radius 3 is 2.36 bits per heavy atom. The second-order valence-electron chi connectivity index (χ2n) is 5.45. The number of nitrogens with zero attached hydrogens (tertiary/aromatic N) is 3. The van der Waals surface area contributed by atoms with Crippen LogP contribution < -0.4 is 4.74 Å². The molecular weight excluding hydrogens is 359 g/mol. The SMILES string of the molecule is O=S(=O)(c1ccc(C(F)(F)F)cc1)N1CC[C@@H](Oc2ncccn2)C1. The first-order valence-corrected chi connectivity index (χ1v) is 8.82. The van der Waals surface area contributed by atoms with Crippen LogP contribution in [0.25, 0.3) is 0 Å². The number of sulfonamides is 1. The van der Waals surface area contributed by atoms with Gasteiger partial charge in [0.2, 0.25) is 10.0 Å². The maximum absolute atomic E-state index is 12.6. The van der Waals surface area contributed by atoms with Gasteiger partial charge in [0, 0.05) is 18.9 Å². The zero-order valence-electron chi connectivity index (χ0n) is 12.8.